The molecule has 7 heteroatoms. The van der Waals surface area contributed by atoms with E-state index in [4.69, 9.17) is 4.42 Å². The van der Waals surface area contributed by atoms with Gasteiger partial charge in [-0.3, -0.25) is 4.79 Å². The molecule has 6 nitrogen and oxygen atoms in total. The van der Waals surface area contributed by atoms with Crippen molar-refractivity contribution in [1.82, 2.24) is 14.5 Å². The number of pyridine rings is 1. The number of piperazine rings is 1. The van der Waals surface area contributed by atoms with Crippen molar-refractivity contribution in [2.75, 3.05) is 31.1 Å². The maximum absolute atomic E-state index is 12.8. The number of rotatable bonds is 2. The number of carbonyl (C=O) groups excluding carboxylic acids is 1. The number of halogens is 1. The predicted molar refractivity (Wildman–Crippen MR) is 95.2 cm³/mol. The second kappa shape index (κ2) is 5.98. The molecule has 1 fully saturated rings. The molecule has 1 aliphatic rings. The number of furan rings is 1. The van der Waals surface area contributed by atoms with E-state index >= 15 is 0 Å². The van der Waals surface area contributed by atoms with Gasteiger partial charge < -0.3 is 18.8 Å². The molecular formula is C17H17BrN4O2. The first kappa shape index (κ1) is 15.3. The Morgan fingerprint density at radius 1 is 1.21 bits per heavy atom. The average Bonchev–Trinajstić information content (AvgIpc) is 3.13. The third-order valence-corrected chi connectivity index (χ3v) is 4.85. The Morgan fingerprint density at radius 3 is 2.67 bits per heavy atom. The lowest BCUT2D eigenvalue weighted by atomic mass is 10.2. The van der Waals surface area contributed by atoms with E-state index in [-0.39, 0.29) is 5.91 Å². The van der Waals surface area contributed by atoms with Gasteiger partial charge in [0.05, 0.1) is 5.52 Å². The zero-order valence-corrected chi connectivity index (χ0v) is 14.9. The van der Waals surface area contributed by atoms with Gasteiger partial charge in [0.15, 0.2) is 10.3 Å². The molecule has 0 radical (unpaired) electrons. The first-order valence-electron chi connectivity index (χ1n) is 7.83. The maximum Gasteiger partial charge on any atom is 0.270 e. The van der Waals surface area contributed by atoms with Crippen LogP contribution in [0.2, 0.25) is 0 Å². The summed E-state index contributed by atoms with van der Waals surface area (Å²) in [5.74, 6) is 1.01. The molecule has 1 aliphatic heterocycles. The topological polar surface area (TPSA) is 54.5 Å². The lowest BCUT2D eigenvalue weighted by molar-refractivity contribution is 0.0737. The van der Waals surface area contributed by atoms with Gasteiger partial charge in [-0.1, -0.05) is 6.07 Å². The van der Waals surface area contributed by atoms with Crippen molar-refractivity contribution in [3.63, 3.8) is 0 Å². The van der Waals surface area contributed by atoms with Crippen molar-refractivity contribution in [3.8, 4) is 0 Å². The van der Waals surface area contributed by atoms with Gasteiger partial charge in [-0.2, -0.15) is 0 Å². The Morgan fingerprint density at radius 2 is 2.00 bits per heavy atom. The number of aromatic nitrogens is 2. The molecule has 4 heterocycles. The summed E-state index contributed by atoms with van der Waals surface area (Å²) in [4.78, 5) is 21.3. The van der Waals surface area contributed by atoms with Crippen LogP contribution in [0.15, 0.2) is 45.6 Å². The fourth-order valence-electron chi connectivity index (χ4n) is 3.13. The van der Waals surface area contributed by atoms with Crippen molar-refractivity contribution in [2.45, 2.75) is 0 Å². The summed E-state index contributed by atoms with van der Waals surface area (Å²) in [5, 5.41) is 0. The van der Waals surface area contributed by atoms with Crippen molar-refractivity contribution in [1.29, 1.82) is 0 Å². The third kappa shape index (κ3) is 2.58. The van der Waals surface area contributed by atoms with Crippen LogP contribution >= 0.6 is 15.9 Å². The van der Waals surface area contributed by atoms with Gasteiger partial charge in [-0.05, 0) is 28.1 Å². The number of fused-ring (bicyclic) bond motifs is 1. The highest BCUT2D eigenvalue weighted by atomic mass is 79.9. The molecule has 3 aromatic heterocycles. The second-order valence-electron chi connectivity index (χ2n) is 5.86. The number of anilines is 1. The molecule has 124 valence electrons. The molecule has 0 unspecified atom stereocenters. The van der Waals surface area contributed by atoms with Crippen LogP contribution in [0.4, 0.5) is 5.82 Å². The summed E-state index contributed by atoms with van der Waals surface area (Å²) >= 11 is 3.32. The van der Waals surface area contributed by atoms with Gasteiger partial charge in [0, 0.05) is 51.6 Å². The lowest BCUT2D eigenvalue weighted by Gasteiger charge is -2.35. The monoisotopic (exact) mass is 388 g/mol. The molecule has 1 saturated heterocycles. The molecule has 1 amide bonds. The Labute approximate surface area is 147 Å². The maximum atomic E-state index is 12.8. The van der Waals surface area contributed by atoms with Crippen LogP contribution in [0.5, 0.6) is 0 Å². The van der Waals surface area contributed by atoms with E-state index in [1.54, 1.807) is 6.20 Å². The predicted octanol–water partition coefficient (Wildman–Crippen LogP) is 2.89. The van der Waals surface area contributed by atoms with Crippen LogP contribution in [-0.4, -0.2) is 46.5 Å². The Balaban J connectivity index is 1.49. The van der Waals surface area contributed by atoms with E-state index in [1.807, 2.05) is 46.8 Å². The average molecular weight is 389 g/mol. The van der Waals surface area contributed by atoms with Crippen molar-refractivity contribution in [3.05, 3.63) is 46.9 Å². The lowest BCUT2D eigenvalue weighted by Crippen LogP contribution is -2.49. The van der Waals surface area contributed by atoms with E-state index in [1.165, 1.54) is 0 Å². The fourth-order valence-corrected chi connectivity index (χ4v) is 3.52. The Bertz CT molecular complexity index is 879. The molecule has 0 N–H and O–H groups in total. The highest BCUT2D eigenvalue weighted by Gasteiger charge is 2.25. The summed E-state index contributed by atoms with van der Waals surface area (Å²) in [6, 6.07) is 9.59. The van der Waals surface area contributed by atoms with Crippen LogP contribution in [0.3, 0.4) is 0 Å². The van der Waals surface area contributed by atoms with Gasteiger partial charge in [0.1, 0.15) is 11.5 Å². The zero-order chi connectivity index (χ0) is 16.7. The van der Waals surface area contributed by atoms with Gasteiger partial charge in [0.25, 0.3) is 5.91 Å². The van der Waals surface area contributed by atoms with Crippen molar-refractivity contribution in [2.24, 2.45) is 7.05 Å². The quantitative estimate of drug-likeness (QED) is 0.677. The molecule has 0 aliphatic carbocycles. The summed E-state index contributed by atoms with van der Waals surface area (Å²) < 4.78 is 8.11. The highest BCUT2D eigenvalue weighted by molar-refractivity contribution is 9.10. The third-order valence-electron chi connectivity index (χ3n) is 4.46. The summed E-state index contributed by atoms with van der Waals surface area (Å²) in [6.07, 6.45) is 1.80. The largest absolute Gasteiger partial charge is 0.448 e. The van der Waals surface area contributed by atoms with Crippen LogP contribution in [-0.2, 0) is 7.05 Å². The number of amides is 1. The molecule has 3 aromatic rings. The van der Waals surface area contributed by atoms with Crippen LogP contribution < -0.4 is 4.90 Å². The van der Waals surface area contributed by atoms with Crippen LogP contribution in [0, 0.1) is 0 Å². The number of aryl methyl sites for hydroxylation is 1. The minimum absolute atomic E-state index is 0.0423. The molecule has 0 bridgehead atoms. The number of hydrogen-bond donors (Lipinski definition) is 0. The van der Waals surface area contributed by atoms with Gasteiger partial charge in [0.2, 0.25) is 0 Å². The number of hydrogen-bond acceptors (Lipinski definition) is 4. The molecule has 0 saturated carbocycles. The second-order valence-corrected chi connectivity index (χ2v) is 6.64. The minimum Gasteiger partial charge on any atom is -0.448 e. The highest BCUT2D eigenvalue weighted by Crippen LogP contribution is 2.27. The van der Waals surface area contributed by atoms with E-state index in [9.17, 15) is 4.79 Å². The van der Waals surface area contributed by atoms with Crippen LogP contribution in [0.1, 0.15) is 10.5 Å². The normalized spacial score (nSPS) is 15.2. The van der Waals surface area contributed by atoms with Crippen molar-refractivity contribution >= 4 is 38.8 Å². The molecular weight excluding hydrogens is 372 g/mol. The first-order chi connectivity index (χ1) is 11.6. The standard InChI is InChI=1S/C17H17BrN4O2/c1-20-12-11-15(18)24-14(12)10-13(20)17(23)22-8-6-21(7-9-22)16-4-2-3-5-19-16/h2-5,10-11H,6-9H2,1H3. The molecule has 0 spiro atoms. The van der Waals surface area contributed by atoms with Gasteiger partial charge in [-0.15, -0.1) is 0 Å². The van der Waals surface area contributed by atoms with E-state index in [2.05, 4.69) is 25.8 Å². The van der Waals surface area contributed by atoms with Gasteiger partial charge >= 0.3 is 0 Å². The molecule has 4 rings (SSSR count). The van der Waals surface area contributed by atoms with E-state index < -0.39 is 0 Å². The Hall–Kier alpha value is -2.28. The summed E-state index contributed by atoms with van der Waals surface area (Å²) in [5.41, 5.74) is 2.29. The van der Waals surface area contributed by atoms with Gasteiger partial charge in [-0.25, -0.2) is 4.98 Å². The molecule has 0 aromatic carbocycles. The van der Waals surface area contributed by atoms with E-state index in [0.29, 0.717) is 23.5 Å². The minimum atomic E-state index is 0.0423. The van der Waals surface area contributed by atoms with Crippen molar-refractivity contribution < 1.29 is 9.21 Å². The zero-order valence-electron chi connectivity index (χ0n) is 13.3. The SMILES string of the molecule is Cn1c(C(=O)N2CCN(c3ccccn3)CC2)cc2oc(Br)cc21. The smallest absolute Gasteiger partial charge is 0.270 e. The number of nitrogens with zero attached hydrogens (tertiary/aromatic N) is 4. The molecule has 0 atom stereocenters. The Kier molecular flexibility index (Phi) is 3.80. The summed E-state index contributed by atoms with van der Waals surface area (Å²) in [7, 11) is 1.89. The van der Waals surface area contributed by atoms with E-state index in [0.717, 1.165) is 30.0 Å². The van der Waals surface area contributed by atoms with Crippen LogP contribution in [0.25, 0.3) is 11.1 Å². The fraction of sp³-hybridized carbons (Fsp3) is 0.294. The first-order valence-corrected chi connectivity index (χ1v) is 8.63. The summed E-state index contributed by atoms with van der Waals surface area (Å²) in [6.45, 7) is 2.95. The molecule has 24 heavy (non-hydrogen) atoms. The number of carbonyl (C=O) groups is 1.